The van der Waals surface area contributed by atoms with Crippen LogP contribution < -0.4 is 5.32 Å². The summed E-state index contributed by atoms with van der Waals surface area (Å²) in [5.41, 5.74) is 1.30. The zero-order chi connectivity index (χ0) is 20.7. The highest BCUT2D eigenvalue weighted by Gasteiger charge is 2.15. The summed E-state index contributed by atoms with van der Waals surface area (Å²) in [6.45, 7) is 5.05. The Morgan fingerprint density at radius 1 is 0.893 bits per heavy atom. The van der Waals surface area contributed by atoms with Gasteiger partial charge in [-0.15, -0.1) is 0 Å². The molecule has 0 spiro atoms. The first-order chi connectivity index (χ1) is 13.4. The Balaban J connectivity index is 2.01. The van der Waals surface area contributed by atoms with Gasteiger partial charge in [-0.05, 0) is 18.6 Å². The lowest BCUT2D eigenvalue weighted by molar-refractivity contribution is -0.903. The molecule has 4 heteroatoms. The minimum absolute atomic E-state index is 0.214. The van der Waals surface area contributed by atoms with Crippen LogP contribution in [0.2, 0.25) is 5.02 Å². The zero-order valence-corrected chi connectivity index (χ0v) is 19.2. The number of carbonyl (C=O) groups excluding carboxylic acids is 1. The van der Waals surface area contributed by atoms with Gasteiger partial charge in [0.15, 0.2) is 0 Å². The van der Waals surface area contributed by atoms with Gasteiger partial charge in [0.25, 0.3) is 0 Å². The Labute approximate surface area is 178 Å². The number of amides is 1. The number of hydrogen-bond acceptors (Lipinski definition) is 1. The molecule has 0 bridgehead atoms. The molecule has 160 valence electrons. The Morgan fingerprint density at radius 3 is 2.07 bits per heavy atom. The molecule has 0 aromatic heterocycles. The highest BCUT2D eigenvalue weighted by Crippen LogP contribution is 2.14. The number of halogens is 1. The first-order valence-electron chi connectivity index (χ1n) is 11.3. The molecule has 0 aliphatic carbocycles. The van der Waals surface area contributed by atoms with Crippen LogP contribution in [0, 0.1) is 0 Å². The maximum Gasteiger partial charge on any atom is 0.219 e. The quantitative estimate of drug-likeness (QED) is 0.250. The normalized spacial score (nSPS) is 11.6. The summed E-state index contributed by atoms with van der Waals surface area (Å²) in [7, 11) is 4.47. The fraction of sp³-hybridized carbons (Fsp3) is 0.708. The number of carbonyl (C=O) groups is 1. The van der Waals surface area contributed by atoms with E-state index in [2.05, 4.69) is 38.5 Å². The van der Waals surface area contributed by atoms with Gasteiger partial charge in [-0.2, -0.15) is 0 Å². The third kappa shape index (κ3) is 13.2. The lowest BCUT2D eigenvalue weighted by Gasteiger charge is -2.30. The molecule has 3 nitrogen and oxygen atoms in total. The second kappa shape index (κ2) is 14.9. The number of benzene rings is 1. The number of rotatable bonds is 16. The molecule has 0 saturated carbocycles. The van der Waals surface area contributed by atoms with E-state index in [1.165, 1.54) is 56.9 Å². The molecule has 0 heterocycles. The van der Waals surface area contributed by atoms with Gasteiger partial charge in [-0.25, -0.2) is 0 Å². The van der Waals surface area contributed by atoms with E-state index >= 15 is 0 Å². The van der Waals surface area contributed by atoms with Crippen LogP contribution >= 0.6 is 11.6 Å². The van der Waals surface area contributed by atoms with Crippen LogP contribution in [-0.2, 0) is 11.3 Å². The topological polar surface area (TPSA) is 29.1 Å². The minimum Gasteiger partial charge on any atom is -0.356 e. The number of nitrogens with zero attached hydrogens (tertiary/aromatic N) is 1. The molecule has 28 heavy (non-hydrogen) atoms. The van der Waals surface area contributed by atoms with Crippen LogP contribution in [0.15, 0.2) is 24.3 Å². The fourth-order valence-electron chi connectivity index (χ4n) is 3.58. The third-order valence-electron chi connectivity index (χ3n) is 5.29. The van der Waals surface area contributed by atoms with Crippen LogP contribution in [0.4, 0.5) is 0 Å². The van der Waals surface area contributed by atoms with Crippen molar-refractivity contribution < 1.29 is 9.28 Å². The summed E-state index contributed by atoms with van der Waals surface area (Å²) < 4.78 is 0.912. The number of hydrogen-bond donors (Lipinski definition) is 1. The van der Waals surface area contributed by atoms with E-state index in [-0.39, 0.29) is 5.91 Å². The van der Waals surface area contributed by atoms with E-state index in [0.717, 1.165) is 42.0 Å². The van der Waals surface area contributed by atoms with Crippen LogP contribution in [0.5, 0.6) is 0 Å². The number of nitrogens with one attached hydrogen (secondary N) is 1. The minimum atomic E-state index is 0.214. The average molecular weight is 410 g/mol. The molecular formula is C24H42ClN2O+. The van der Waals surface area contributed by atoms with E-state index < -0.39 is 0 Å². The zero-order valence-electron chi connectivity index (χ0n) is 18.4. The Kier molecular flexibility index (Phi) is 13.3. The highest BCUT2D eigenvalue weighted by atomic mass is 35.5. The van der Waals surface area contributed by atoms with Crippen molar-refractivity contribution >= 4 is 17.5 Å². The van der Waals surface area contributed by atoms with E-state index in [9.17, 15) is 4.79 Å². The third-order valence-corrected chi connectivity index (χ3v) is 5.55. The summed E-state index contributed by atoms with van der Waals surface area (Å²) >= 11 is 5.95. The smallest absolute Gasteiger partial charge is 0.219 e. The largest absolute Gasteiger partial charge is 0.356 e. The van der Waals surface area contributed by atoms with Gasteiger partial charge in [0, 0.05) is 30.0 Å². The standard InChI is InChI=1S/C24H41ClN2O/c1-4-5-6-7-8-9-10-11-12-14-24(28)26-19-13-20-27(2,3)21-22-15-17-23(25)18-16-22/h15-18H,4-14,19-21H2,1-3H3/p+1. The molecular weight excluding hydrogens is 368 g/mol. The van der Waals surface area contributed by atoms with Crippen molar-refractivity contribution in [3.8, 4) is 0 Å². The SMILES string of the molecule is CCCCCCCCCCCC(=O)NCCC[N+](C)(C)Cc1ccc(Cl)cc1. The van der Waals surface area contributed by atoms with Crippen molar-refractivity contribution in [2.75, 3.05) is 27.2 Å². The molecule has 1 N–H and O–H groups in total. The van der Waals surface area contributed by atoms with E-state index in [1.54, 1.807) is 0 Å². The number of unbranched alkanes of at least 4 members (excludes halogenated alkanes) is 8. The Morgan fingerprint density at radius 2 is 1.46 bits per heavy atom. The van der Waals surface area contributed by atoms with Crippen LogP contribution in [-0.4, -0.2) is 37.6 Å². The molecule has 1 rings (SSSR count). The van der Waals surface area contributed by atoms with E-state index in [4.69, 9.17) is 11.6 Å². The van der Waals surface area contributed by atoms with Crippen LogP contribution in [0.3, 0.4) is 0 Å². The first-order valence-corrected chi connectivity index (χ1v) is 11.6. The highest BCUT2D eigenvalue weighted by molar-refractivity contribution is 6.30. The molecule has 0 radical (unpaired) electrons. The second-order valence-electron chi connectivity index (χ2n) is 8.73. The van der Waals surface area contributed by atoms with Crippen molar-refractivity contribution in [2.24, 2.45) is 0 Å². The van der Waals surface area contributed by atoms with E-state index in [0.29, 0.717) is 6.42 Å². The average Bonchev–Trinajstić information content (AvgIpc) is 2.65. The first kappa shape index (κ1) is 25.0. The predicted octanol–water partition coefficient (Wildman–Crippen LogP) is 6.34. The molecule has 1 amide bonds. The second-order valence-corrected chi connectivity index (χ2v) is 9.16. The summed E-state index contributed by atoms with van der Waals surface area (Å²) in [4.78, 5) is 12.0. The molecule has 0 fully saturated rings. The molecule has 1 aromatic carbocycles. The molecule has 1 aromatic rings. The molecule has 0 aliphatic heterocycles. The van der Waals surface area contributed by atoms with Gasteiger partial charge in [-0.3, -0.25) is 4.79 Å². The van der Waals surface area contributed by atoms with Gasteiger partial charge in [-0.1, -0.05) is 82.0 Å². The number of quaternary nitrogens is 1. The van der Waals surface area contributed by atoms with Crippen molar-refractivity contribution in [2.45, 2.75) is 84.1 Å². The van der Waals surface area contributed by atoms with Crippen molar-refractivity contribution in [1.82, 2.24) is 5.32 Å². The molecule has 0 aliphatic rings. The maximum atomic E-state index is 12.0. The Hall–Kier alpha value is -1.06. The Bertz CT molecular complexity index is 528. The summed E-state index contributed by atoms with van der Waals surface area (Å²) in [5.74, 6) is 0.214. The van der Waals surface area contributed by atoms with Crippen molar-refractivity contribution in [3.05, 3.63) is 34.9 Å². The predicted molar refractivity (Wildman–Crippen MR) is 122 cm³/mol. The van der Waals surface area contributed by atoms with Gasteiger partial charge in [0.1, 0.15) is 6.54 Å². The van der Waals surface area contributed by atoms with Crippen molar-refractivity contribution in [3.63, 3.8) is 0 Å². The van der Waals surface area contributed by atoms with Gasteiger partial charge >= 0.3 is 0 Å². The van der Waals surface area contributed by atoms with Crippen LogP contribution in [0.25, 0.3) is 0 Å². The van der Waals surface area contributed by atoms with Gasteiger partial charge < -0.3 is 9.80 Å². The molecule has 0 saturated heterocycles. The lowest BCUT2D eigenvalue weighted by atomic mass is 10.1. The van der Waals surface area contributed by atoms with Crippen molar-refractivity contribution in [1.29, 1.82) is 0 Å². The monoisotopic (exact) mass is 409 g/mol. The molecule has 0 atom stereocenters. The fourth-order valence-corrected chi connectivity index (χ4v) is 3.71. The lowest BCUT2D eigenvalue weighted by Crippen LogP contribution is -2.41. The van der Waals surface area contributed by atoms with Gasteiger partial charge in [0.2, 0.25) is 5.91 Å². The molecule has 0 unspecified atom stereocenters. The summed E-state index contributed by atoms with van der Waals surface area (Å²) in [5, 5.41) is 3.87. The summed E-state index contributed by atoms with van der Waals surface area (Å²) in [6, 6.07) is 8.08. The van der Waals surface area contributed by atoms with E-state index in [1.807, 2.05) is 12.1 Å². The van der Waals surface area contributed by atoms with Crippen LogP contribution in [0.1, 0.15) is 83.1 Å². The van der Waals surface area contributed by atoms with Gasteiger partial charge in [0.05, 0.1) is 20.6 Å². The maximum absolute atomic E-state index is 12.0. The summed E-state index contributed by atoms with van der Waals surface area (Å²) in [6.07, 6.45) is 13.3.